The Hall–Kier alpha value is -1.73. The lowest BCUT2D eigenvalue weighted by Gasteiger charge is -2.19. The standard InChI is InChI=1S/C17H25N3O3S/c1-24(22,23)20(13-16-8-5-10-18-12-16)14-17(21)19-11-9-15-6-3-2-4-7-15/h5-6,8,10,12H,2-4,7,9,11,13-14H2,1H3,(H,19,21). The van der Waals surface area contributed by atoms with Gasteiger partial charge in [-0.1, -0.05) is 17.7 Å². The minimum absolute atomic E-state index is 0.144. The Morgan fingerprint density at radius 2 is 2.21 bits per heavy atom. The monoisotopic (exact) mass is 351 g/mol. The van der Waals surface area contributed by atoms with Crippen molar-refractivity contribution < 1.29 is 13.2 Å². The number of hydrogen-bond donors (Lipinski definition) is 1. The SMILES string of the molecule is CS(=O)(=O)N(CC(=O)NCCC1=CCCCC1)Cc1cccnc1. The van der Waals surface area contributed by atoms with Crippen LogP contribution in [0, 0.1) is 0 Å². The number of carbonyl (C=O) groups is 1. The number of allylic oxidation sites excluding steroid dienone is 1. The molecular weight excluding hydrogens is 326 g/mol. The molecule has 1 aromatic heterocycles. The highest BCUT2D eigenvalue weighted by molar-refractivity contribution is 7.88. The lowest BCUT2D eigenvalue weighted by Crippen LogP contribution is -2.40. The van der Waals surface area contributed by atoms with E-state index in [1.54, 1.807) is 24.5 Å². The van der Waals surface area contributed by atoms with E-state index in [9.17, 15) is 13.2 Å². The van der Waals surface area contributed by atoms with Gasteiger partial charge in [0.05, 0.1) is 12.8 Å². The molecule has 0 unspecified atom stereocenters. The molecule has 2 rings (SSSR count). The van der Waals surface area contributed by atoms with Crippen LogP contribution in [0.15, 0.2) is 36.2 Å². The van der Waals surface area contributed by atoms with Crippen molar-refractivity contribution in [1.82, 2.24) is 14.6 Å². The number of sulfonamides is 1. The number of pyridine rings is 1. The molecule has 0 fully saturated rings. The molecule has 1 aromatic rings. The maximum atomic E-state index is 12.1. The average Bonchev–Trinajstić information content (AvgIpc) is 2.55. The van der Waals surface area contributed by atoms with Gasteiger partial charge in [0.1, 0.15) is 0 Å². The minimum atomic E-state index is -3.47. The maximum absolute atomic E-state index is 12.1. The highest BCUT2D eigenvalue weighted by Crippen LogP contribution is 2.19. The molecule has 0 saturated carbocycles. The zero-order valence-corrected chi connectivity index (χ0v) is 14.9. The highest BCUT2D eigenvalue weighted by Gasteiger charge is 2.20. The van der Waals surface area contributed by atoms with Crippen molar-refractivity contribution in [2.45, 2.75) is 38.6 Å². The van der Waals surface area contributed by atoms with E-state index in [1.807, 2.05) is 0 Å². The fourth-order valence-electron chi connectivity index (χ4n) is 2.70. The molecule has 1 aliphatic carbocycles. The number of amides is 1. The summed E-state index contributed by atoms with van der Waals surface area (Å²) < 4.78 is 25.0. The van der Waals surface area contributed by atoms with Crippen molar-refractivity contribution in [2.75, 3.05) is 19.3 Å². The third-order valence-electron chi connectivity index (χ3n) is 4.02. The first kappa shape index (κ1) is 18.6. The van der Waals surface area contributed by atoms with E-state index in [1.165, 1.54) is 22.7 Å². The summed E-state index contributed by atoms with van der Waals surface area (Å²) in [6, 6.07) is 3.53. The summed E-state index contributed by atoms with van der Waals surface area (Å²) >= 11 is 0. The van der Waals surface area contributed by atoms with Crippen LogP contribution in [-0.4, -0.2) is 43.0 Å². The summed E-state index contributed by atoms with van der Waals surface area (Å²) in [6.07, 6.45) is 12.1. The zero-order chi connectivity index (χ0) is 17.4. The van der Waals surface area contributed by atoms with Gasteiger partial charge in [0.15, 0.2) is 0 Å². The van der Waals surface area contributed by atoms with Crippen LogP contribution >= 0.6 is 0 Å². The van der Waals surface area contributed by atoms with Gasteiger partial charge < -0.3 is 5.32 Å². The van der Waals surface area contributed by atoms with Crippen LogP contribution in [0.4, 0.5) is 0 Å². The summed E-state index contributed by atoms with van der Waals surface area (Å²) in [5, 5.41) is 2.82. The van der Waals surface area contributed by atoms with Crippen molar-refractivity contribution in [3.8, 4) is 0 Å². The van der Waals surface area contributed by atoms with Crippen LogP contribution in [0.3, 0.4) is 0 Å². The second kappa shape index (κ2) is 8.94. The summed E-state index contributed by atoms with van der Waals surface area (Å²) in [5.41, 5.74) is 2.14. The smallest absolute Gasteiger partial charge is 0.235 e. The average molecular weight is 351 g/mol. The Balaban J connectivity index is 1.84. The number of nitrogens with zero attached hydrogens (tertiary/aromatic N) is 2. The molecule has 0 radical (unpaired) electrons. The number of rotatable bonds is 8. The Labute approximate surface area is 144 Å². The Bertz CT molecular complexity index is 672. The maximum Gasteiger partial charge on any atom is 0.235 e. The second-order valence-electron chi connectivity index (χ2n) is 6.10. The molecule has 1 heterocycles. The van der Waals surface area contributed by atoms with Crippen molar-refractivity contribution in [2.24, 2.45) is 0 Å². The molecule has 7 heteroatoms. The minimum Gasteiger partial charge on any atom is -0.355 e. The van der Waals surface area contributed by atoms with E-state index in [0.29, 0.717) is 6.54 Å². The molecule has 0 bridgehead atoms. The lowest BCUT2D eigenvalue weighted by molar-refractivity contribution is -0.121. The Kier molecular flexibility index (Phi) is 6.93. The van der Waals surface area contributed by atoms with E-state index in [2.05, 4.69) is 16.4 Å². The number of hydrogen-bond acceptors (Lipinski definition) is 4. The molecule has 0 aliphatic heterocycles. The van der Waals surface area contributed by atoms with Crippen LogP contribution in [0.1, 0.15) is 37.7 Å². The van der Waals surface area contributed by atoms with Crippen molar-refractivity contribution >= 4 is 15.9 Å². The van der Waals surface area contributed by atoms with E-state index in [-0.39, 0.29) is 19.0 Å². The van der Waals surface area contributed by atoms with Gasteiger partial charge in [-0.3, -0.25) is 9.78 Å². The van der Waals surface area contributed by atoms with Crippen molar-refractivity contribution in [1.29, 1.82) is 0 Å². The number of nitrogens with one attached hydrogen (secondary N) is 1. The quantitative estimate of drug-likeness (QED) is 0.725. The van der Waals surface area contributed by atoms with E-state index in [0.717, 1.165) is 31.1 Å². The largest absolute Gasteiger partial charge is 0.355 e. The highest BCUT2D eigenvalue weighted by atomic mass is 32.2. The Morgan fingerprint density at radius 3 is 2.83 bits per heavy atom. The summed E-state index contributed by atoms with van der Waals surface area (Å²) in [6.45, 7) is 0.521. The molecule has 24 heavy (non-hydrogen) atoms. The molecule has 0 aromatic carbocycles. The predicted molar refractivity (Wildman–Crippen MR) is 93.7 cm³/mol. The first-order chi connectivity index (χ1) is 11.4. The summed E-state index contributed by atoms with van der Waals surface area (Å²) in [5.74, 6) is -0.277. The number of carbonyl (C=O) groups excluding carboxylic acids is 1. The van der Waals surface area contributed by atoms with Crippen molar-refractivity contribution in [3.63, 3.8) is 0 Å². The van der Waals surface area contributed by atoms with Crippen LogP contribution in [0.25, 0.3) is 0 Å². The van der Waals surface area contributed by atoms with Gasteiger partial charge in [0, 0.05) is 25.5 Å². The molecular formula is C17H25N3O3S. The molecule has 0 spiro atoms. The van der Waals surface area contributed by atoms with E-state index in [4.69, 9.17) is 0 Å². The van der Waals surface area contributed by atoms with Gasteiger partial charge in [0.2, 0.25) is 15.9 Å². The van der Waals surface area contributed by atoms with Crippen LogP contribution in [0.2, 0.25) is 0 Å². The molecule has 6 nitrogen and oxygen atoms in total. The third-order valence-corrected chi connectivity index (χ3v) is 5.22. The fraction of sp³-hybridized carbons (Fsp3) is 0.529. The fourth-order valence-corrected chi connectivity index (χ4v) is 3.43. The zero-order valence-electron chi connectivity index (χ0n) is 14.1. The summed E-state index contributed by atoms with van der Waals surface area (Å²) in [4.78, 5) is 16.1. The van der Waals surface area contributed by atoms with Gasteiger partial charge in [-0.25, -0.2) is 8.42 Å². The molecule has 0 atom stereocenters. The second-order valence-corrected chi connectivity index (χ2v) is 8.08. The molecule has 1 aliphatic rings. The van der Waals surface area contributed by atoms with E-state index >= 15 is 0 Å². The molecule has 0 saturated heterocycles. The molecule has 132 valence electrons. The first-order valence-corrected chi connectivity index (χ1v) is 10.1. The molecule has 1 N–H and O–H groups in total. The number of aromatic nitrogens is 1. The third kappa shape index (κ3) is 6.41. The van der Waals surface area contributed by atoms with Gasteiger partial charge in [0.25, 0.3) is 0 Å². The molecule has 1 amide bonds. The normalized spacial score (nSPS) is 15.2. The van der Waals surface area contributed by atoms with Crippen molar-refractivity contribution in [3.05, 3.63) is 41.7 Å². The lowest BCUT2D eigenvalue weighted by atomic mass is 9.97. The van der Waals surface area contributed by atoms with Gasteiger partial charge in [-0.05, 0) is 43.7 Å². The van der Waals surface area contributed by atoms with Gasteiger partial charge in [-0.2, -0.15) is 4.31 Å². The van der Waals surface area contributed by atoms with Crippen LogP contribution in [0.5, 0.6) is 0 Å². The summed E-state index contributed by atoms with van der Waals surface area (Å²) in [7, 11) is -3.47. The van der Waals surface area contributed by atoms with Gasteiger partial charge >= 0.3 is 0 Å². The Morgan fingerprint density at radius 1 is 1.38 bits per heavy atom. The van der Waals surface area contributed by atoms with Crippen LogP contribution < -0.4 is 5.32 Å². The predicted octanol–water partition coefficient (Wildman–Crippen LogP) is 1.85. The van der Waals surface area contributed by atoms with Crippen LogP contribution in [-0.2, 0) is 21.4 Å². The van der Waals surface area contributed by atoms with Gasteiger partial charge in [-0.15, -0.1) is 0 Å². The topological polar surface area (TPSA) is 79.4 Å². The van der Waals surface area contributed by atoms with E-state index < -0.39 is 10.0 Å². The first-order valence-electron chi connectivity index (χ1n) is 8.24.